The molecule has 2 aliphatic rings. The van der Waals surface area contributed by atoms with Crippen LogP contribution in [-0.4, -0.2) is 18.3 Å². The van der Waals surface area contributed by atoms with E-state index in [4.69, 9.17) is 9.47 Å². The molecule has 1 atom stereocenters. The lowest BCUT2D eigenvalue weighted by Crippen LogP contribution is -2.48. The van der Waals surface area contributed by atoms with E-state index in [1.54, 1.807) is 0 Å². The van der Waals surface area contributed by atoms with Gasteiger partial charge in [-0.2, -0.15) is 0 Å². The molecule has 0 amide bonds. The maximum atomic E-state index is 6.23. The Morgan fingerprint density at radius 3 is 2.89 bits per heavy atom. The number of benzene rings is 1. The lowest BCUT2D eigenvalue weighted by molar-refractivity contribution is -0.153. The second-order valence-electron chi connectivity index (χ2n) is 5.50. The fourth-order valence-electron chi connectivity index (χ4n) is 2.95. The normalized spacial score (nSPS) is 25.1. The molecule has 3 rings (SSSR count). The zero-order valence-corrected chi connectivity index (χ0v) is 14.0. The van der Waals surface area contributed by atoms with Gasteiger partial charge in [0.15, 0.2) is 0 Å². The second kappa shape index (κ2) is 5.74. The molecule has 104 valence electrons. The quantitative estimate of drug-likeness (QED) is 0.689. The number of ether oxygens (including phenoxy) is 2. The van der Waals surface area contributed by atoms with Gasteiger partial charge >= 0.3 is 0 Å². The minimum atomic E-state index is 0.146. The molecule has 19 heavy (non-hydrogen) atoms. The summed E-state index contributed by atoms with van der Waals surface area (Å²) in [6.07, 6.45) is 6.06. The molecule has 1 heterocycles. The minimum absolute atomic E-state index is 0.146. The van der Waals surface area contributed by atoms with Crippen molar-refractivity contribution in [3.63, 3.8) is 0 Å². The van der Waals surface area contributed by atoms with Gasteiger partial charge in [-0.1, -0.05) is 31.9 Å². The highest BCUT2D eigenvalue weighted by molar-refractivity contribution is 9.10. The van der Waals surface area contributed by atoms with Crippen LogP contribution >= 0.6 is 31.9 Å². The van der Waals surface area contributed by atoms with Crippen molar-refractivity contribution in [3.05, 3.63) is 28.2 Å². The van der Waals surface area contributed by atoms with Crippen LogP contribution in [0, 0.1) is 0 Å². The van der Waals surface area contributed by atoms with Crippen molar-refractivity contribution in [2.24, 2.45) is 0 Å². The third-order valence-corrected chi connectivity index (χ3v) is 5.27. The first-order valence-corrected chi connectivity index (χ1v) is 8.77. The Labute approximate surface area is 131 Å². The van der Waals surface area contributed by atoms with Gasteiger partial charge in [0.1, 0.15) is 11.9 Å². The van der Waals surface area contributed by atoms with E-state index >= 15 is 0 Å². The zero-order valence-electron chi connectivity index (χ0n) is 10.8. The Hall–Kier alpha value is -0.0600. The van der Waals surface area contributed by atoms with Gasteiger partial charge in [-0.05, 0) is 37.5 Å². The van der Waals surface area contributed by atoms with Crippen molar-refractivity contribution in [1.82, 2.24) is 0 Å². The maximum absolute atomic E-state index is 6.23. The Morgan fingerprint density at radius 2 is 2.21 bits per heavy atom. The molecule has 0 aromatic heterocycles. The molecule has 0 N–H and O–H groups in total. The highest BCUT2D eigenvalue weighted by atomic mass is 79.9. The number of halogens is 2. The van der Waals surface area contributed by atoms with Crippen molar-refractivity contribution in [2.45, 2.75) is 49.1 Å². The highest BCUT2D eigenvalue weighted by Gasteiger charge is 2.43. The van der Waals surface area contributed by atoms with E-state index in [-0.39, 0.29) is 5.60 Å². The molecule has 4 heteroatoms. The Morgan fingerprint density at radius 1 is 1.37 bits per heavy atom. The zero-order chi connectivity index (χ0) is 13.3. The van der Waals surface area contributed by atoms with Crippen LogP contribution < -0.4 is 4.74 Å². The summed E-state index contributed by atoms with van der Waals surface area (Å²) in [5.41, 5.74) is 1.34. The SMILES string of the molecule is BrCc1cc(Br)ccc1OC1CCOC2(CCC2)C1. The van der Waals surface area contributed by atoms with E-state index in [1.165, 1.54) is 24.8 Å². The average molecular weight is 390 g/mol. The first-order valence-electron chi connectivity index (χ1n) is 6.86. The monoisotopic (exact) mass is 388 g/mol. The smallest absolute Gasteiger partial charge is 0.123 e. The standard InChI is InChI=1S/C15H18Br2O2/c16-10-11-8-12(17)2-3-14(11)19-13-4-7-18-15(9-13)5-1-6-15/h2-3,8,13H,1,4-7,9-10H2. The van der Waals surface area contributed by atoms with Gasteiger partial charge in [-0.25, -0.2) is 0 Å². The summed E-state index contributed by atoms with van der Waals surface area (Å²) in [6, 6.07) is 6.21. The van der Waals surface area contributed by atoms with Crippen molar-refractivity contribution in [3.8, 4) is 5.75 Å². The average Bonchev–Trinajstić information content (AvgIpc) is 2.39. The predicted octanol–water partition coefficient (Wildman–Crippen LogP) is 4.82. The van der Waals surface area contributed by atoms with Gasteiger partial charge in [-0.15, -0.1) is 0 Å². The molecule has 0 bridgehead atoms. The highest BCUT2D eigenvalue weighted by Crippen LogP contribution is 2.43. The molecule has 1 saturated carbocycles. The van der Waals surface area contributed by atoms with Crippen LogP contribution in [0.4, 0.5) is 0 Å². The molecule has 0 radical (unpaired) electrons. The molecule has 1 spiro atoms. The van der Waals surface area contributed by atoms with Crippen LogP contribution in [0.1, 0.15) is 37.7 Å². The third-order valence-electron chi connectivity index (χ3n) is 4.17. The van der Waals surface area contributed by atoms with Gasteiger partial charge in [0.2, 0.25) is 0 Å². The van der Waals surface area contributed by atoms with Gasteiger partial charge in [0.25, 0.3) is 0 Å². The molecule has 1 saturated heterocycles. The van der Waals surface area contributed by atoms with E-state index in [9.17, 15) is 0 Å². The van der Waals surface area contributed by atoms with Crippen molar-refractivity contribution in [2.75, 3.05) is 6.61 Å². The summed E-state index contributed by atoms with van der Waals surface area (Å²) in [6.45, 7) is 0.838. The summed E-state index contributed by atoms with van der Waals surface area (Å²) >= 11 is 7.03. The van der Waals surface area contributed by atoms with Crippen molar-refractivity contribution < 1.29 is 9.47 Å². The van der Waals surface area contributed by atoms with Gasteiger partial charge in [-0.3, -0.25) is 0 Å². The molecule has 1 aliphatic heterocycles. The van der Waals surface area contributed by atoms with E-state index in [0.29, 0.717) is 6.10 Å². The van der Waals surface area contributed by atoms with Crippen LogP contribution in [0.3, 0.4) is 0 Å². The first-order chi connectivity index (χ1) is 9.21. The van der Waals surface area contributed by atoms with E-state index in [0.717, 1.165) is 35.0 Å². The van der Waals surface area contributed by atoms with Crippen LogP contribution in [0.2, 0.25) is 0 Å². The predicted molar refractivity (Wildman–Crippen MR) is 83.0 cm³/mol. The first kappa shape index (κ1) is 13.9. The molecule has 2 nitrogen and oxygen atoms in total. The molecule has 1 unspecified atom stereocenters. The minimum Gasteiger partial charge on any atom is -0.490 e. The second-order valence-corrected chi connectivity index (χ2v) is 6.98. The van der Waals surface area contributed by atoms with Gasteiger partial charge < -0.3 is 9.47 Å². The molecule has 1 aromatic rings. The fraction of sp³-hybridized carbons (Fsp3) is 0.600. The molecular formula is C15H18Br2O2. The summed E-state index contributed by atoms with van der Waals surface area (Å²) < 4.78 is 13.3. The van der Waals surface area contributed by atoms with E-state index in [1.807, 2.05) is 6.07 Å². The van der Waals surface area contributed by atoms with Gasteiger partial charge in [0.05, 0.1) is 12.2 Å². The third kappa shape index (κ3) is 3.01. The number of hydrogen-bond acceptors (Lipinski definition) is 2. The maximum Gasteiger partial charge on any atom is 0.123 e. The molecule has 2 fully saturated rings. The summed E-state index contributed by atoms with van der Waals surface area (Å²) in [7, 11) is 0. The van der Waals surface area contributed by atoms with Crippen LogP contribution in [0.5, 0.6) is 5.75 Å². The van der Waals surface area contributed by atoms with E-state index in [2.05, 4.69) is 44.0 Å². The van der Waals surface area contributed by atoms with Crippen LogP contribution in [-0.2, 0) is 10.1 Å². The summed E-state index contributed by atoms with van der Waals surface area (Å²) in [5, 5.41) is 0.816. The summed E-state index contributed by atoms with van der Waals surface area (Å²) in [5.74, 6) is 1.00. The Balaban J connectivity index is 1.70. The van der Waals surface area contributed by atoms with Gasteiger partial charge in [0, 0.05) is 28.2 Å². The van der Waals surface area contributed by atoms with E-state index < -0.39 is 0 Å². The molecule has 1 aromatic carbocycles. The lowest BCUT2D eigenvalue weighted by atomic mass is 9.74. The molecular weight excluding hydrogens is 372 g/mol. The molecule has 1 aliphatic carbocycles. The lowest BCUT2D eigenvalue weighted by Gasteiger charge is -2.47. The Bertz CT molecular complexity index is 457. The van der Waals surface area contributed by atoms with Crippen molar-refractivity contribution >= 4 is 31.9 Å². The fourth-order valence-corrected chi connectivity index (χ4v) is 3.80. The summed E-state index contributed by atoms with van der Waals surface area (Å²) in [4.78, 5) is 0. The number of hydrogen-bond donors (Lipinski definition) is 0. The Kier molecular flexibility index (Phi) is 4.20. The largest absolute Gasteiger partial charge is 0.490 e. The topological polar surface area (TPSA) is 18.5 Å². The number of rotatable bonds is 3. The van der Waals surface area contributed by atoms with Crippen LogP contribution in [0.25, 0.3) is 0 Å². The van der Waals surface area contributed by atoms with Crippen molar-refractivity contribution in [1.29, 1.82) is 0 Å². The number of alkyl halides is 1. The van der Waals surface area contributed by atoms with Crippen LogP contribution in [0.15, 0.2) is 22.7 Å².